The summed E-state index contributed by atoms with van der Waals surface area (Å²) in [6.07, 6.45) is 0.976. The van der Waals surface area contributed by atoms with Crippen molar-refractivity contribution in [1.82, 2.24) is 9.55 Å². The molecule has 1 aromatic carbocycles. The van der Waals surface area contributed by atoms with Crippen LogP contribution in [0.5, 0.6) is 5.75 Å². The molecule has 0 atom stereocenters. The van der Waals surface area contributed by atoms with Crippen LogP contribution in [0.1, 0.15) is 61.6 Å². The van der Waals surface area contributed by atoms with E-state index in [0.29, 0.717) is 27.2 Å². The Morgan fingerprint density at radius 2 is 1.93 bits per heavy atom. The molecule has 7 heteroatoms. The van der Waals surface area contributed by atoms with Gasteiger partial charge in [0.1, 0.15) is 11.4 Å². The van der Waals surface area contributed by atoms with Crippen molar-refractivity contribution in [2.24, 2.45) is 0 Å². The van der Waals surface area contributed by atoms with Crippen LogP contribution in [0, 0.1) is 0 Å². The number of thiazole rings is 1. The molecule has 0 unspecified atom stereocenters. The third kappa shape index (κ3) is 3.94. The minimum Gasteiger partial charge on any atom is -0.497 e. The Hall–Kier alpha value is -2.67. The molecule has 0 spiro atoms. The molecule has 2 aromatic heterocycles. The third-order valence-electron chi connectivity index (χ3n) is 4.16. The van der Waals surface area contributed by atoms with Crippen molar-refractivity contribution in [3.05, 3.63) is 46.0 Å². The van der Waals surface area contributed by atoms with E-state index >= 15 is 0 Å². The van der Waals surface area contributed by atoms with Crippen LogP contribution in [0.3, 0.4) is 0 Å². The molecule has 0 aliphatic carbocycles. The van der Waals surface area contributed by atoms with Crippen LogP contribution < -0.4 is 4.74 Å². The first-order valence-corrected chi connectivity index (χ1v) is 9.91. The highest BCUT2D eigenvalue weighted by Gasteiger charge is 2.25. The molecular formula is C21H24N2O4S. The smallest absolute Gasteiger partial charge is 0.419 e. The van der Waals surface area contributed by atoms with Gasteiger partial charge in [0.15, 0.2) is 5.01 Å². The molecule has 3 rings (SSSR count). The molecule has 0 saturated heterocycles. The van der Waals surface area contributed by atoms with E-state index in [1.165, 1.54) is 22.1 Å². The number of hydrogen-bond donors (Lipinski definition) is 0. The van der Waals surface area contributed by atoms with Gasteiger partial charge in [-0.1, -0.05) is 13.8 Å². The van der Waals surface area contributed by atoms with Gasteiger partial charge in [-0.05, 0) is 38.8 Å². The van der Waals surface area contributed by atoms with Gasteiger partial charge in [0.25, 0.3) is 0 Å². The van der Waals surface area contributed by atoms with E-state index in [-0.39, 0.29) is 11.7 Å². The fraction of sp³-hybridized carbons (Fsp3) is 0.381. The predicted molar refractivity (Wildman–Crippen MR) is 110 cm³/mol. The van der Waals surface area contributed by atoms with Crippen molar-refractivity contribution in [3.63, 3.8) is 0 Å². The van der Waals surface area contributed by atoms with Crippen LogP contribution in [0.15, 0.2) is 29.8 Å². The Labute approximate surface area is 168 Å². The third-order valence-corrected chi connectivity index (χ3v) is 5.01. The van der Waals surface area contributed by atoms with Gasteiger partial charge in [0.2, 0.25) is 5.78 Å². The maximum Gasteiger partial charge on any atom is 0.419 e. The number of ether oxygens (including phenoxy) is 2. The van der Waals surface area contributed by atoms with Gasteiger partial charge in [-0.2, -0.15) is 0 Å². The Bertz CT molecular complexity index is 1040. The van der Waals surface area contributed by atoms with Gasteiger partial charge in [0, 0.05) is 23.0 Å². The lowest BCUT2D eigenvalue weighted by Gasteiger charge is -2.19. The van der Waals surface area contributed by atoms with Crippen LogP contribution in [-0.4, -0.2) is 34.1 Å². The number of rotatable bonds is 4. The molecule has 0 aliphatic rings. The molecular weight excluding hydrogens is 376 g/mol. The second-order valence-electron chi connectivity index (χ2n) is 7.84. The van der Waals surface area contributed by atoms with E-state index in [4.69, 9.17) is 9.47 Å². The number of aromatic nitrogens is 2. The molecule has 148 valence electrons. The number of carbonyl (C=O) groups is 2. The van der Waals surface area contributed by atoms with E-state index in [9.17, 15) is 9.59 Å². The first-order valence-electron chi connectivity index (χ1n) is 9.03. The number of ketones is 1. The molecule has 0 N–H and O–H groups in total. The zero-order valence-electron chi connectivity index (χ0n) is 16.9. The Balaban J connectivity index is 2.12. The fourth-order valence-electron chi connectivity index (χ4n) is 2.75. The molecule has 0 aliphatic heterocycles. The van der Waals surface area contributed by atoms with E-state index in [2.05, 4.69) is 4.98 Å². The second kappa shape index (κ2) is 7.39. The summed E-state index contributed by atoms with van der Waals surface area (Å²) in [7, 11) is 1.55. The average Bonchev–Trinajstić information content (AvgIpc) is 3.24. The summed E-state index contributed by atoms with van der Waals surface area (Å²) < 4.78 is 12.1. The summed E-state index contributed by atoms with van der Waals surface area (Å²) in [6.45, 7) is 9.46. The number of methoxy groups -OCH3 is 1. The van der Waals surface area contributed by atoms with Gasteiger partial charge < -0.3 is 9.47 Å². The first-order chi connectivity index (χ1) is 13.1. The fourth-order valence-corrected chi connectivity index (χ4v) is 3.68. The maximum absolute atomic E-state index is 13.1. The lowest BCUT2D eigenvalue weighted by molar-refractivity contribution is 0.0544. The van der Waals surface area contributed by atoms with Crippen molar-refractivity contribution in [1.29, 1.82) is 0 Å². The Kier molecular flexibility index (Phi) is 5.30. The Morgan fingerprint density at radius 3 is 2.50 bits per heavy atom. The summed E-state index contributed by atoms with van der Waals surface area (Å²) in [6, 6.07) is 5.26. The van der Waals surface area contributed by atoms with Gasteiger partial charge in [-0.15, -0.1) is 11.3 Å². The highest BCUT2D eigenvalue weighted by Crippen LogP contribution is 2.29. The number of carbonyl (C=O) groups excluding carboxylic acids is 2. The van der Waals surface area contributed by atoms with E-state index in [1.54, 1.807) is 46.1 Å². The molecule has 0 radical (unpaired) electrons. The van der Waals surface area contributed by atoms with Crippen LogP contribution in [0.4, 0.5) is 4.79 Å². The van der Waals surface area contributed by atoms with Crippen molar-refractivity contribution >= 4 is 34.1 Å². The normalized spacial score (nSPS) is 11.8. The summed E-state index contributed by atoms with van der Waals surface area (Å²) in [4.78, 5) is 30.3. The molecule has 0 fully saturated rings. The lowest BCUT2D eigenvalue weighted by atomic mass is 10.1. The second-order valence-corrected chi connectivity index (χ2v) is 8.70. The van der Waals surface area contributed by atoms with Crippen molar-refractivity contribution in [2.45, 2.75) is 46.1 Å². The van der Waals surface area contributed by atoms with Crippen LogP contribution >= 0.6 is 11.3 Å². The molecule has 3 aromatic rings. The van der Waals surface area contributed by atoms with Crippen molar-refractivity contribution in [2.75, 3.05) is 7.11 Å². The van der Waals surface area contributed by atoms with Gasteiger partial charge in [-0.25, -0.2) is 9.78 Å². The zero-order chi connectivity index (χ0) is 20.6. The topological polar surface area (TPSA) is 70.4 Å². The average molecular weight is 401 g/mol. The Morgan fingerprint density at radius 1 is 1.21 bits per heavy atom. The number of hydrogen-bond acceptors (Lipinski definition) is 6. The number of benzene rings is 1. The monoisotopic (exact) mass is 400 g/mol. The molecule has 6 nitrogen and oxygen atoms in total. The van der Waals surface area contributed by atoms with Gasteiger partial charge >= 0.3 is 6.09 Å². The van der Waals surface area contributed by atoms with Crippen molar-refractivity contribution < 1.29 is 19.1 Å². The van der Waals surface area contributed by atoms with Crippen LogP contribution in [-0.2, 0) is 4.74 Å². The largest absolute Gasteiger partial charge is 0.497 e. The minimum atomic E-state index is -0.655. The predicted octanol–water partition coefficient (Wildman–Crippen LogP) is 5.24. The van der Waals surface area contributed by atoms with Crippen LogP contribution in [0.25, 0.3) is 10.9 Å². The van der Waals surface area contributed by atoms with Gasteiger partial charge in [-0.3, -0.25) is 9.36 Å². The summed E-state index contributed by atoms with van der Waals surface area (Å²) >= 11 is 1.31. The van der Waals surface area contributed by atoms with Crippen LogP contribution in [0.2, 0.25) is 0 Å². The highest BCUT2D eigenvalue weighted by molar-refractivity contribution is 7.12. The molecule has 2 heterocycles. The summed E-state index contributed by atoms with van der Waals surface area (Å²) in [5, 5.41) is 2.95. The van der Waals surface area contributed by atoms with Crippen molar-refractivity contribution in [3.8, 4) is 5.75 Å². The van der Waals surface area contributed by atoms with E-state index < -0.39 is 11.7 Å². The maximum atomic E-state index is 13.1. The van der Waals surface area contributed by atoms with E-state index in [1.807, 2.05) is 19.2 Å². The first kappa shape index (κ1) is 20.1. The lowest BCUT2D eigenvalue weighted by Crippen LogP contribution is -2.26. The molecule has 0 bridgehead atoms. The molecule has 28 heavy (non-hydrogen) atoms. The summed E-state index contributed by atoms with van der Waals surface area (Å²) in [5.74, 6) is 0.616. The molecule has 0 amide bonds. The number of fused-ring (bicyclic) bond motifs is 1. The number of nitrogens with zero attached hydrogens (tertiary/aromatic N) is 2. The summed E-state index contributed by atoms with van der Waals surface area (Å²) in [5.41, 5.74) is 1.19. The van der Waals surface area contributed by atoms with Gasteiger partial charge in [0.05, 0.1) is 23.9 Å². The van der Waals surface area contributed by atoms with E-state index in [0.717, 1.165) is 5.69 Å². The minimum absolute atomic E-state index is 0.214. The quantitative estimate of drug-likeness (QED) is 0.560. The SMILES string of the molecule is COc1ccc2c(C(=O)c3nc(C(C)C)cs3)cn(C(=O)OC(C)(C)C)c2c1. The molecule has 0 saturated carbocycles. The highest BCUT2D eigenvalue weighted by atomic mass is 32.1. The standard InChI is InChI=1S/C21H24N2O4S/c1-12(2)16-11-28-19(22-16)18(24)15-10-23(20(25)27-21(3,4)5)17-9-13(26-6)7-8-14(15)17/h7-12H,1-6H3. The zero-order valence-corrected chi connectivity index (χ0v) is 17.7.